The Labute approximate surface area is 150 Å². The van der Waals surface area contributed by atoms with Gasteiger partial charge in [0.25, 0.3) is 5.91 Å². The largest absolute Gasteiger partial charge is 0.416 e. The molecule has 2 N–H and O–H groups in total. The van der Waals surface area contributed by atoms with E-state index in [4.69, 9.17) is 11.6 Å². The predicted molar refractivity (Wildman–Crippen MR) is 91.9 cm³/mol. The molecule has 0 aliphatic carbocycles. The third-order valence-electron chi connectivity index (χ3n) is 3.12. The van der Waals surface area contributed by atoms with E-state index in [1.54, 1.807) is 24.3 Å². The molecule has 0 heterocycles. The van der Waals surface area contributed by atoms with Crippen molar-refractivity contribution in [3.63, 3.8) is 0 Å². The molecule has 25 heavy (non-hydrogen) atoms. The second-order valence-electron chi connectivity index (χ2n) is 4.99. The molecule has 0 fully saturated rings. The molecular formula is C16H14ClF3N2O2S. The standard InChI is InChI=1S/C16H14ClF3N2O2S/c17-13-5-1-11(2-6-13)15(23)21-9-10-25(24)22-14-7-3-12(4-8-14)16(18,19)20/h1-8,22H,9-10H2,(H,21,23). The minimum Gasteiger partial charge on any atom is -0.351 e. The number of halogens is 4. The Morgan fingerprint density at radius 3 is 2.20 bits per heavy atom. The van der Waals surface area contributed by atoms with Gasteiger partial charge in [0.05, 0.1) is 11.3 Å². The molecular weight excluding hydrogens is 377 g/mol. The van der Waals surface area contributed by atoms with Gasteiger partial charge < -0.3 is 10.0 Å². The molecule has 0 spiro atoms. The average Bonchev–Trinajstić information content (AvgIpc) is 2.55. The van der Waals surface area contributed by atoms with Crippen molar-refractivity contribution in [2.45, 2.75) is 6.18 Å². The Morgan fingerprint density at radius 2 is 1.64 bits per heavy atom. The molecule has 0 saturated carbocycles. The Kier molecular flexibility index (Phi) is 6.44. The van der Waals surface area contributed by atoms with Gasteiger partial charge in [0.1, 0.15) is 11.0 Å². The Balaban J connectivity index is 1.79. The van der Waals surface area contributed by atoms with E-state index in [-0.39, 0.29) is 18.2 Å². The van der Waals surface area contributed by atoms with Gasteiger partial charge in [-0.15, -0.1) is 0 Å². The van der Waals surface area contributed by atoms with Gasteiger partial charge in [0.15, 0.2) is 0 Å². The van der Waals surface area contributed by atoms with Crippen molar-refractivity contribution in [1.29, 1.82) is 0 Å². The minimum atomic E-state index is -4.41. The summed E-state index contributed by atoms with van der Waals surface area (Å²) in [5.74, 6) is -0.233. The highest BCUT2D eigenvalue weighted by Crippen LogP contribution is 2.29. The number of carbonyl (C=O) groups excluding carboxylic acids is 1. The number of anilines is 1. The van der Waals surface area contributed by atoms with E-state index in [9.17, 15) is 22.2 Å². The van der Waals surface area contributed by atoms with Crippen LogP contribution in [-0.4, -0.2) is 22.4 Å². The van der Waals surface area contributed by atoms with E-state index in [1.165, 1.54) is 12.1 Å². The molecule has 1 amide bonds. The first-order chi connectivity index (χ1) is 11.8. The predicted octanol–water partition coefficient (Wildman–Crippen LogP) is 3.86. The van der Waals surface area contributed by atoms with Crippen molar-refractivity contribution in [3.05, 3.63) is 64.7 Å². The van der Waals surface area contributed by atoms with Crippen molar-refractivity contribution in [3.8, 4) is 0 Å². The highest BCUT2D eigenvalue weighted by Gasteiger charge is 2.29. The third-order valence-corrected chi connectivity index (χ3v) is 4.41. The van der Waals surface area contributed by atoms with Crippen molar-refractivity contribution >= 4 is 34.2 Å². The number of hydrogen-bond donors (Lipinski definition) is 2. The van der Waals surface area contributed by atoms with Crippen LogP contribution in [0.1, 0.15) is 15.9 Å². The van der Waals surface area contributed by atoms with Crippen molar-refractivity contribution in [2.24, 2.45) is 0 Å². The van der Waals surface area contributed by atoms with E-state index in [0.29, 0.717) is 16.3 Å². The first kappa shape index (κ1) is 19.3. The molecule has 2 rings (SSSR count). The number of amides is 1. The monoisotopic (exact) mass is 390 g/mol. The van der Waals surface area contributed by atoms with Crippen LogP contribution >= 0.6 is 11.6 Å². The van der Waals surface area contributed by atoms with Crippen LogP contribution in [0.5, 0.6) is 0 Å². The molecule has 134 valence electrons. The zero-order valence-corrected chi connectivity index (χ0v) is 14.3. The smallest absolute Gasteiger partial charge is 0.351 e. The summed E-state index contributed by atoms with van der Waals surface area (Å²) in [7, 11) is -1.54. The van der Waals surface area contributed by atoms with E-state index in [2.05, 4.69) is 10.0 Å². The molecule has 1 unspecified atom stereocenters. The summed E-state index contributed by atoms with van der Waals surface area (Å²) in [5, 5.41) is 3.11. The molecule has 0 saturated heterocycles. The normalized spacial score (nSPS) is 12.5. The summed E-state index contributed by atoms with van der Waals surface area (Å²) >= 11 is 5.73. The lowest BCUT2D eigenvalue weighted by Gasteiger charge is -2.10. The maximum Gasteiger partial charge on any atom is 0.416 e. The summed E-state index contributed by atoms with van der Waals surface area (Å²) < 4.78 is 51.8. The summed E-state index contributed by atoms with van der Waals surface area (Å²) in [4.78, 5) is 11.8. The van der Waals surface area contributed by atoms with Crippen LogP contribution in [0.25, 0.3) is 0 Å². The molecule has 9 heteroatoms. The molecule has 0 aliphatic rings. The number of alkyl halides is 3. The second-order valence-corrected chi connectivity index (χ2v) is 6.73. The lowest BCUT2D eigenvalue weighted by atomic mass is 10.2. The number of benzene rings is 2. The Morgan fingerprint density at radius 1 is 1.04 bits per heavy atom. The van der Waals surface area contributed by atoms with Gasteiger partial charge >= 0.3 is 6.18 Å². The van der Waals surface area contributed by atoms with Gasteiger partial charge in [0.2, 0.25) is 0 Å². The van der Waals surface area contributed by atoms with Crippen LogP contribution in [0.4, 0.5) is 18.9 Å². The number of nitrogens with one attached hydrogen (secondary N) is 2. The lowest BCUT2D eigenvalue weighted by Crippen LogP contribution is -2.28. The Bertz CT molecular complexity index is 749. The number of rotatable bonds is 6. The number of carbonyl (C=O) groups is 1. The molecule has 4 nitrogen and oxygen atoms in total. The van der Waals surface area contributed by atoms with Crippen LogP contribution in [-0.2, 0) is 17.2 Å². The van der Waals surface area contributed by atoms with E-state index >= 15 is 0 Å². The van der Waals surface area contributed by atoms with E-state index < -0.39 is 22.7 Å². The maximum atomic E-state index is 12.5. The third kappa shape index (κ3) is 6.06. The van der Waals surface area contributed by atoms with Crippen LogP contribution in [0.15, 0.2) is 48.5 Å². The van der Waals surface area contributed by atoms with Gasteiger partial charge in [-0.25, -0.2) is 4.21 Å². The summed E-state index contributed by atoms with van der Waals surface area (Å²) in [5.41, 5.74) is -0.0553. The summed E-state index contributed by atoms with van der Waals surface area (Å²) in [6.45, 7) is 0.141. The zero-order valence-electron chi connectivity index (χ0n) is 12.8. The van der Waals surface area contributed by atoms with Crippen molar-refractivity contribution in [2.75, 3.05) is 17.0 Å². The van der Waals surface area contributed by atoms with Crippen LogP contribution in [0, 0.1) is 0 Å². The fourth-order valence-electron chi connectivity index (χ4n) is 1.87. The van der Waals surface area contributed by atoms with Gasteiger partial charge in [-0.2, -0.15) is 13.2 Å². The molecule has 0 bridgehead atoms. The number of hydrogen-bond acceptors (Lipinski definition) is 2. The highest BCUT2D eigenvalue weighted by atomic mass is 35.5. The topological polar surface area (TPSA) is 58.2 Å². The van der Waals surface area contributed by atoms with Gasteiger partial charge in [-0.1, -0.05) is 11.6 Å². The zero-order chi connectivity index (χ0) is 18.4. The molecule has 0 aliphatic heterocycles. The maximum absolute atomic E-state index is 12.5. The van der Waals surface area contributed by atoms with Crippen LogP contribution in [0.3, 0.4) is 0 Å². The van der Waals surface area contributed by atoms with Crippen LogP contribution < -0.4 is 10.0 Å². The molecule has 0 aromatic heterocycles. The Hall–Kier alpha value is -2.06. The van der Waals surface area contributed by atoms with Gasteiger partial charge in [0, 0.05) is 22.8 Å². The van der Waals surface area contributed by atoms with Gasteiger partial charge in [-0.3, -0.25) is 4.79 Å². The van der Waals surface area contributed by atoms with E-state index in [0.717, 1.165) is 12.1 Å². The first-order valence-corrected chi connectivity index (χ1v) is 8.81. The highest BCUT2D eigenvalue weighted by molar-refractivity contribution is 7.86. The fourth-order valence-corrected chi connectivity index (χ4v) is 2.78. The SMILES string of the molecule is O=C(NCCS(=O)Nc1ccc(C(F)(F)F)cc1)c1ccc(Cl)cc1. The second kappa shape index (κ2) is 8.35. The summed E-state index contributed by atoms with van der Waals surface area (Å²) in [6.07, 6.45) is -4.41. The molecule has 2 aromatic rings. The fraction of sp³-hybridized carbons (Fsp3) is 0.188. The molecule has 0 radical (unpaired) electrons. The molecule has 1 atom stereocenters. The summed E-state index contributed by atoms with van der Waals surface area (Å²) in [6, 6.07) is 10.5. The first-order valence-electron chi connectivity index (χ1n) is 7.12. The van der Waals surface area contributed by atoms with Crippen molar-refractivity contribution in [1.82, 2.24) is 5.32 Å². The quantitative estimate of drug-likeness (QED) is 0.786. The van der Waals surface area contributed by atoms with Gasteiger partial charge in [-0.05, 0) is 48.5 Å². The van der Waals surface area contributed by atoms with Crippen molar-refractivity contribution < 1.29 is 22.2 Å². The minimum absolute atomic E-state index is 0.0976. The van der Waals surface area contributed by atoms with E-state index in [1.807, 2.05) is 0 Å². The molecule has 2 aromatic carbocycles. The van der Waals surface area contributed by atoms with Crippen LogP contribution in [0.2, 0.25) is 5.02 Å². The average molecular weight is 391 g/mol. The lowest BCUT2D eigenvalue weighted by molar-refractivity contribution is -0.137.